The molecule has 0 aromatic carbocycles. The molecule has 0 spiro atoms. The molecular weight excluding hydrogens is 228 g/mol. The summed E-state index contributed by atoms with van der Waals surface area (Å²) in [5.74, 6) is 1.64. The summed E-state index contributed by atoms with van der Waals surface area (Å²) in [4.78, 5) is 8.29. The number of nitrogen functional groups attached to an aromatic ring is 1. The van der Waals surface area contributed by atoms with Crippen LogP contribution >= 0.6 is 0 Å². The molecule has 1 saturated carbocycles. The SMILES string of the molecule is CC(C)COc1ncnc(NC2CCCC2)c1N. The number of aromatic nitrogens is 2. The molecule has 5 heteroatoms. The summed E-state index contributed by atoms with van der Waals surface area (Å²) in [5.41, 5.74) is 6.55. The van der Waals surface area contributed by atoms with E-state index in [1.54, 1.807) is 0 Å². The van der Waals surface area contributed by atoms with E-state index in [0.717, 1.165) is 0 Å². The van der Waals surface area contributed by atoms with Crippen LogP contribution in [-0.2, 0) is 0 Å². The molecule has 0 aliphatic heterocycles. The molecule has 18 heavy (non-hydrogen) atoms. The first-order valence-corrected chi connectivity index (χ1v) is 6.66. The lowest BCUT2D eigenvalue weighted by Gasteiger charge is -2.16. The van der Waals surface area contributed by atoms with Crippen LogP contribution in [0.15, 0.2) is 6.33 Å². The second kappa shape index (κ2) is 5.89. The zero-order chi connectivity index (χ0) is 13.0. The van der Waals surface area contributed by atoms with Crippen molar-refractivity contribution in [1.82, 2.24) is 9.97 Å². The number of ether oxygens (including phenoxy) is 1. The Morgan fingerprint density at radius 3 is 2.78 bits per heavy atom. The van der Waals surface area contributed by atoms with Gasteiger partial charge in [-0.05, 0) is 18.8 Å². The monoisotopic (exact) mass is 250 g/mol. The van der Waals surface area contributed by atoms with Gasteiger partial charge in [0.15, 0.2) is 5.82 Å². The van der Waals surface area contributed by atoms with Crippen LogP contribution in [0.4, 0.5) is 11.5 Å². The van der Waals surface area contributed by atoms with Crippen LogP contribution in [0.25, 0.3) is 0 Å². The van der Waals surface area contributed by atoms with Crippen LogP contribution in [0.3, 0.4) is 0 Å². The van der Waals surface area contributed by atoms with Gasteiger partial charge in [-0.2, -0.15) is 4.98 Å². The quantitative estimate of drug-likeness (QED) is 0.839. The minimum Gasteiger partial charge on any atom is -0.476 e. The van der Waals surface area contributed by atoms with Crippen molar-refractivity contribution in [2.24, 2.45) is 5.92 Å². The fourth-order valence-electron chi connectivity index (χ4n) is 2.12. The van der Waals surface area contributed by atoms with Crippen LogP contribution < -0.4 is 15.8 Å². The zero-order valence-electron chi connectivity index (χ0n) is 11.1. The van der Waals surface area contributed by atoms with E-state index in [1.165, 1.54) is 32.0 Å². The zero-order valence-corrected chi connectivity index (χ0v) is 11.1. The normalized spacial score (nSPS) is 16.2. The van der Waals surface area contributed by atoms with Gasteiger partial charge in [-0.1, -0.05) is 26.7 Å². The Balaban J connectivity index is 2.03. The molecule has 2 rings (SSSR count). The molecule has 3 N–H and O–H groups in total. The maximum atomic E-state index is 6.04. The number of anilines is 2. The minimum atomic E-state index is 0.450. The standard InChI is InChI=1S/C13H22N4O/c1-9(2)7-18-13-11(14)12(15-8-16-13)17-10-5-3-4-6-10/h8-10H,3-7,14H2,1-2H3,(H,15,16,17). The molecule has 1 aromatic heterocycles. The molecule has 0 atom stereocenters. The lowest BCUT2D eigenvalue weighted by atomic mass is 10.2. The van der Waals surface area contributed by atoms with Crippen molar-refractivity contribution in [1.29, 1.82) is 0 Å². The summed E-state index contributed by atoms with van der Waals surface area (Å²) in [6, 6.07) is 0.486. The Bertz CT molecular complexity index is 389. The third-order valence-electron chi connectivity index (χ3n) is 3.10. The van der Waals surface area contributed by atoms with Gasteiger partial charge in [0.1, 0.15) is 12.0 Å². The average molecular weight is 250 g/mol. The molecule has 0 radical (unpaired) electrons. The van der Waals surface area contributed by atoms with Gasteiger partial charge in [-0.3, -0.25) is 0 Å². The summed E-state index contributed by atoms with van der Waals surface area (Å²) in [7, 11) is 0. The maximum Gasteiger partial charge on any atom is 0.242 e. The Morgan fingerprint density at radius 2 is 2.11 bits per heavy atom. The molecule has 0 amide bonds. The van der Waals surface area contributed by atoms with E-state index in [0.29, 0.717) is 36.0 Å². The Morgan fingerprint density at radius 1 is 1.39 bits per heavy atom. The second-order valence-corrected chi connectivity index (χ2v) is 5.27. The first-order chi connectivity index (χ1) is 8.66. The Hall–Kier alpha value is -1.52. The van der Waals surface area contributed by atoms with Gasteiger partial charge in [0.2, 0.25) is 5.88 Å². The van der Waals surface area contributed by atoms with Gasteiger partial charge in [-0.25, -0.2) is 4.98 Å². The third-order valence-corrected chi connectivity index (χ3v) is 3.10. The molecule has 1 aliphatic rings. The van der Waals surface area contributed by atoms with Crippen molar-refractivity contribution in [2.45, 2.75) is 45.6 Å². The van der Waals surface area contributed by atoms with Crippen LogP contribution in [0.5, 0.6) is 5.88 Å². The maximum absolute atomic E-state index is 6.04. The van der Waals surface area contributed by atoms with E-state index in [-0.39, 0.29) is 0 Å². The van der Waals surface area contributed by atoms with Crippen molar-refractivity contribution in [3.8, 4) is 5.88 Å². The van der Waals surface area contributed by atoms with Crippen molar-refractivity contribution in [2.75, 3.05) is 17.7 Å². The summed E-state index contributed by atoms with van der Waals surface area (Å²) in [6.45, 7) is 4.80. The minimum absolute atomic E-state index is 0.450. The van der Waals surface area contributed by atoms with E-state index in [2.05, 4.69) is 29.1 Å². The number of nitrogens with zero attached hydrogens (tertiary/aromatic N) is 2. The predicted octanol–water partition coefficient (Wildman–Crippen LogP) is 2.45. The molecule has 1 aliphatic carbocycles. The summed E-state index contributed by atoms with van der Waals surface area (Å²) >= 11 is 0. The van der Waals surface area contributed by atoms with Crippen molar-refractivity contribution in [3.05, 3.63) is 6.33 Å². The first-order valence-electron chi connectivity index (χ1n) is 6.66. The van der Waals surface area contributed by atoms with E-state index in [9.17, 15) is 0 Å². The fourth-order valence-corrected chi connectivity index (χ4v) is 2.12. The summed E-state index contributed by atoms with van der Waals surface area (Å²) < 4.78 is 5.59. The molecule has 0 unspecified atom stereocenters. The van der Waals surface area contributed by atoms with Gasteiger partial charge >= 0.3 is 0 Å². The highest BCUT2D eigenvalue weighted by Gasteiger charge is 2.18. The fraction of sp³-hybridized carbons (Fsp3) is 0.692. The number of nitrogens with one attached hydrogen (secondary N) is 1. The number of nitrogens with two attached hydrogens (primary N) is 1. The second-order valence-electron chi connectivity index (χ2n) is 5.27. The Kier molecular flexibility index (Phi) is 4.23. The summed E-state index contributed by atoms with van der Waals surface area (Å²) in [6.07, 6.45) is 6.43. The average Bonchev–Trinajstić information content (AvgIpc) is 2.83. The van der Waals surface area contributed by atoms with Crippen molar-refractivity contribution < 1.29 is 4.74 Å². The van der Waals surface area contributed by atoms with Gasteiger partial charge in [0, 0.05) is 6.04 Å². The molecule has 0 bridgehead atoms. The first kappa shape index (κ1) is 12.9. The van der Waals surface area contributed by atoms with Crippen LogP contribution in [0.2, 0.25) is 0 Å². The molecule has 0 saturated heterocycles. The van der Waals surface area contributed by atoms with Crippen molar-refractivity contribution >= 4 is 11.5 Å². The van der Waals surface area contributed by atoms with Gasteiger partial charge in [0.05, 0.1) is 6.61 Å². The molecule has 5 nitrogen and oxygen atoms in total. The number of hydrogen-bond donors (Lipinski definition) is 2. The number of hydrogen-bond acceptors (Lipinski definition) is 5. The lowest BCUT2D eigenvalue weighted by Crippen LogP contribution is -2.18. The van der Waals surface area contributed by atoms with Crippen LogP contribution in [0, 0.1) is 5.92 Å². The van der Waals surface area contributed by atoms with Crippen LogP contribution in [0.1, 0.15) is 39.5 Å². The molecule has 100 valence electrons. The number of rotatable bonds is 5. The largest absolute Gasteiger partial charge is 0.476 e. The highest BCUT2D eigenvalue weighted by molar-refractivity contribution is 5.66. The smallest absolute Gasteiger partial charge is 0.242 e. The van der Waals surface area contributed by atoms with E-state index in [4.69, 9.17) is 10.5 Å². The molecule has 1 aromatic rings. The van der Waals surface area contributed by atoms with E-state index >= 15 is 0 Å². The lowest BCUT2D eigenvalue weighted by molar-refractivity contribution is 0.262. The van der Waals surface area contributed by atoms with Gasteiger partial charge < -0.3 is 15.8 Å². The topological polar surface area (TPSA) is 73.1 Å². The van der Waals surface area contributed by atoms with E-state index < -0.39 is 0 Å². The van der Waals surface area contributed by atoms with Crippen molar-refractivity contribution in [3.63, 3.8) is 0 Å². The van der Waals surface area contributed by atoms with Gasteiger partial charge in [0.25, 0.3) is 0 Å². The third kappa shape index (κ3) is 3.24. The predicted molar refractivity (Wildman–Crippen MR) is 72.7 cm³/mol. The molecule has 1 fully saturated rings. The molecule has 1 heterocycles. The highest BCUT2D eigenvalue weighted by atomic mass is 16.5. The Labute approximate surface area is 108 Å². The summed E-state index contributed by atoms with van der Waals surface area (Å²) in [5, 5.41) is 3.38. The van der Waals surface area contributed by atoms with Gasteiger partial charge in [-0.15, -0.1) is 0 Å². The molecular formula is C13H22N4O. The van der Waals surface area contributed by atoms with E-state index in [1.807, 2.05) is 0 Å². The van der Waals surface area contributed by atoms with Crippen LogP contribution in [-0.4, -0.2) is 22.6 Å². The highest BCUT2D eigenvalue weighted by Crippen LogP contribution is 2.28.